The number of benzene rings is 2. The Balaban J connectivity index is 1.94. The molecule has 0 atom stereocenters. The van der Waals surface area contributed by atoms with Gasteiger partial charge in [-0.2, -0.15) is 5.10 Å². The average molecular weight is 299 g/mol. The standard InChI is InChI=1S/C15H13N3O2S/c19-13-7-3-1-5-11(13)9-16-15(21)18-17-10-12-6-2-4-8-14(12)20/h1-10,19-20H,(H,18,21)/b16-9+,17-10-. The van der Waals surface area contributed by atoms with Gasteiger partial charge >= 0.3 is 0 Å². The predicted octanol–water partition coefficient (Wildman–Crippen LogP) is 2.43. The van der Waals surface area contributed by atoms with Crippen molar-refractivity contribution in [2.24, 2.45) is 10.1 Å². The number of rotatable bonds is 3. The normalized spacial score (nSPS) is 11.0. The molecule has 0 saturated heterocycles. The van der Waals surface area contributed by atoms with Crippen molar-refractivity contribution in [2.45, 2.75) is 0 Å². The topological polar surface area (TPSA) is 77.2 Å². The Morgan fingerprint density at radius 3 is 2.00 bits per heavy atom. The van der Waals surface area contributed by atoms with E-state index >= 15 is 0 Å². The summed E-state index contributed by atoms with van der Waals surface area (Å²) < 4.78 is 0. The molecule has 2 rings (SSSR count). The van der Waals surface area contributed by atoms with Crippen LogP contribution in [-0.4, -0.2) is 27.8 Å². The van der Waals surface area contributed by atoms with Crippen molar-refractivity contribution in [3.63, 3.8) is 0 Å². The molecule has 0 spiro atoms. The molecule has 0 unspecified atom stereocenters. The Labute approximate surface area is 127 Å². The summed E-state index contributed by atoms with van der Waals surface area (Å²) in [6.45, 7) is 0. The second-order valence-corrected chi connectivity index (χ2v) is 4.44. The third kappa shape index (κ3) is 4.39. The molecule has 2 aromatic rings. The van der Waals surface area contributed by atoms with Crippen LogP contribution < -0.4 is 5.43 Å². The lowest BCUT2D eigenvalue weighted by atomic mass is 10.2. The Morgan fingerprint density at radius 1 is 0.905 bits per heavy atom. The van der Waals surface area contributed by atoms with Gasteiger partial charge in [0.1, 0.15) is 11.5 Å². The van der Waals surface area contributed by atoms with Crippen LogP contribution >= 0.6 is 12.2 Å². The molecule has 0 heterocycles. The van der Waals surface area contributed by atoms with Crippen molar-refractivity contribution in [1.82, 2.24) is 5.43 Å². The van der Waals surface area contributed by atoms with Gasteiger partial charge in [-0.05, 0) is 36.5 Å². The first-order valence-corrected chi connectivity index (χ1v) is 6.51. The molecule has 0 saturated carbocycles. The molecule has 2 aromatic carbocycles. The molecule has 106 valence electrons. The second-order valence-electron chi connectivity index (χ2n) is 4.05. The molecule has 0 aliphatic carbocycles. The monoisotopic (exact) mass is 299 g/mol. The summed E-state index contributed by atoms with van der Waals surface area (Å²) in [4.78, 5) is 3.97. The van der Waals surface area contributed by atoms with E-state index < -0.39 is 0 Å². The number of phenols is 2. The molecule has 3 N–H and O–H groups in total. The highest BCUT2D eigenvalue weighted by atomic mass is 32.1. The number of para-hydroxylation sites is 2. The molecule has 0 bridgehead atoms. The van der Waals surface area contributed by atoms with E-state index in [0.717, 1.165) is 0 Å². The van der Waals surface area contributed by atoms with Gasteiger partial charge in [0.05, 0.1) is 6.21 Å². The molecule has 21 heavy (non-hydrogen) atoms. The molecule has 0 aliphatic rings. The van der Waals surface area contributed by atoms with Crippen molar-refractivity contribution in [3.8, 4) is 11.5 Å². The first-order valence-electron chi connectivity index (χ1n) is 6.10. The lowest BCUT2D eigenvalue weighted by Gasteiger charge is -1.99. The zero-order valence-electron chi connectivity index (χ0n) is 11.0. The molecule has 0 fully saturated rings. The first-order chi connectivity index (χ1) is 10.2. The van der Waals surface area contributed by atoms with Gasteiger partial charge in [0.15, 0.2) is 0 Å². The van der Waals surface area contributed by atoms with Crippen molar-refractivity contribution in [1.29, 1.82) is 0 Å². The molecular formula is C15H13N3O2S. The fourth-order valence-electron chi connectivity index (χ4n) is 1.51. The van der Waals surface area contributed by atoms with Gasteiger partial charge in [-0.15, -0.1) is 0 Å². The van der Waals surface area contributed by atoms with Crippen LogP contribution in [0.1, 0.15) is 11.1 Å². The van der Waals surface area contributed by atoms with Crippen molar-refractivity contribution >= 4 is 29.8 Å². The maximum atomic E-state index is 9.57. The van der Waals surface area contributed by atoms with Gasteiger partial charge in [0.25, 0.3) is 0 Å². The summed E-state index contributed by atoms with van der Waals surface area (Å²) in [7, 11) is 0. The van der Waals surface area contributed by atoms with E-state index in [1.54, 1.807) is 48.5 Å². The fraction of sp³-hybridized carbons (Fsp3) is 0. The van der Waals surface area contributed by atoms with Gasteiger partial charge in [-0.25, -0.2) is 4.99 Å². The van der Waals surface area contributed by atoms with E-state index in [-0.39, 0.29) is 16.6 Å². The van der Waals surface area contributed by atoms with E-state index in [2.05, 4.69) is 15.5 Å². The highest BCUT2D eigenvalue weighted by Gasteiger charge is 1.97. The fourth-order valence-corrected chi connectivity index (χ4v) is 1.61. The number of aliphatic imine (C=N–C) groups is 1. The molecule has 0 aromatic heterocycles. The zero-order chi connectivity index (χ0) is 15.1. The van der Waals surface area contributed by atoms with E-state index in [0.29, 0.717) is 11.1 Å². The molecule has 0 aliphatic heterocycles. The second kappa shape index (κ2) is 7.16. The van der Waals surface area contributed by atoms with Gasteiger partial charge in [-0.3, -0.25) is 5.43 Å². The summed E-state index contributed by atoms with van der Waals surface area (Å²) in [5.74, 6) is 0.258. The van der Waals surface area contributed by atoms with Crippen molar-refractivity contribution in [3.05, 3.63) is 59.7 Å². The predicted molar refractivity (Wildman–Crippen MR) is 87.1 cm³/mol. The van der Waals surface area contributed by atoms with Crippen molar-refractivity contribution in [2.75, 3.05) is 0 Å². The number of hydrazone groups is 1. The average Bonchev–Trinajstić information content (AvgIpc) is 2.48. The van der Waals surface area contributed by atoms with Crippen molar-refractivity contribution < 1.29 is 10.2 Å². The minimum atomic E-state index is 0.127. The van der Waals surface area contributed by atoms with Crippen LogP contribution in [0.25, 0.3) is 0 Å². The zero-order valence-corrected chi connectivity index (χ0v) is 11.8. The van der Waals surface area contributed by atoms with Crippen LogP contribution in [0.2, 0.25) is 0 Å². The van der Waals surface area contributed by atoms with E-state index in [9.17, 15) is 10.2 Å². The van der Waals surface area contributed by atoms with Gasteiger partial charge < -0.3 is 10.2 Å². The van der Waals surface area contributed by atoms with Crippen LogP contribution in [0.15, 0.2) is 58.6 Å². The Hall–Kier alpha value is -2.73. The number of nitrogens with one attached hydrogen (secondary N) is 1. The summed E-state index contributed by atoms with van der Waals surface area (Å²) >= 11 is 4.98. The van der Waals surface area contributed by atoms with Gasteiger partial charge in [-0.1, -0.05) is 24.3 Å². The summed E-state index contributed by atoms with van der Waals surface area (Å²) in [6.07, 6.45) is 2.89. The summed E-state index contributed by atoms with van der Waals surface area (Å²) in [6, 6.07) is 13.6. The van der Waals surface area contributed by atoms with Crippen LogP contribution in [-0.2, 0) is 0 Å². The van der Waals surface area contributed by atoms with Crippen LogP contribution in [0.4, 0.5) is 0 Å². The largest absolute Gasteiger partial charge is 0.507 e. The maximum absolute atomic E-state index is 9.57. The minimum Gasteiger partial charge on any atom is -0.507 e. The SMILES string of the molecule is Oc1ccccc1/C=N\NC(=S)/N=C/c1ccccc1O. The van der Waals surface area contributed by atoms with Gasteiger partial charge in [0, 0.05) is 17.3 Å². The number of phenolic OH excluding ortho intramolecular Hbond substituents is 2. The first kappa shape index (κ1) is 14.7. The number of thiocarbonyl (C=S) groups is 1. The molecule has 6 heteroatoms. The smallest absolute Gasteiger partial charge is 0.213 e. The Bertz CT molecular complexity index is 699. The molecule has 5 nitrogen and oxygen atoms in total. The molecule has 0 radical (unpaired) electrons. The van der Waals surface area contributed by atoms with E-state index in [1.807, 2.05) is 0 Å². The molecule has 0 amide bonds. The van der Waals surface area contributed by atoms with Crippen LogP contribution in [0.5, 0.6) is 11.5 Å². The lowest BCUT2D eigenvalue weighted by Crippen LogP contribution is -2.12. The van der Waals surface area contributed by atoms with Crippen LogP contribution in [0.3, 0.4) is 0 Å². The maximum Gasteiger partial charge on any atom is 0.213 e. The van der Waals surface area contributed by atoms with E-state index in [4.69, 9.17) is 12.2 Å². The quantitative estimate of drug-likeness (QED) is 0.462. The number of nitrogens with zero attached hydrogens (tertiary/aromatic N) is 2. The molecular weight excluding hydrogens is 286 g/mol. The van der Waals surface area contributed by atoms with Gasteiger partial charge in [0.2, 0.25) is 5.11 Å². The van der Waals surface area contributed by atoms with Crippen LogP contribution in [0, 0.1) is 0 Å². The minimum absolute atomic E-state index is 0.127. The summed E-state index contributed by atoms with van der Waals surface area (Å²) in [5, 5.41) is 23.1. The highest BCUT2D eigenvalue weighted by molar-refractivity contribution is 7.80. The number of hydrogen-bond acceptors (Lipinski definition) is 4. The third-order valence-electron chi connectivity index (χ3n) is 2.56. The third-order valence-corrected chi connectivity index (χ3v) is 2.75. The number of aromatic hydroxyl groups is 2. The Kier molecular flexibility index (Phi) is 5.00. The Morgan fingerprint density at radius 2 is 1.43 bits per heavy atom. The highest BCUT2D eigenvalue weighted by Crippen LogP contribution is 2.13. The van der Waals surface area contributed by atoms with E-state index in [1.165, 1.54) is 12.4 Å². The summed E-state index contributed by atoms with van der Waals surface area (Å²) in [5.41, 5.74) is 3.69. The lowest BCUT2D eigenvalue weighted by molar-refractivity contribution is 0.474. The number of hydrogen-bond donors (Lipinski definition) is 3.